The molecule has 2 aromatic rings. The second kappa shape index (κ2) is 8.71. The number of thioether (sulfide) groups is 1. The van der Waals surface area contributed by atoms with Gasteiger partial charge < -0.3 is 4.74 Å². The Bertz CT molecular complexity index is 836. The summed E-state index contributed by atoms with van der Waals surface area (Å²) in [7, 11) is -0.709. The third-order valence-electron chi connectivity index (χ3n) is 3.25. The van der Waals surface area contributed by atoms with Crippen LogP contribution >= 0.6 is 23.4 Å². The van der Waals surface area contributed by atoms with Crippen molar-refractivity contribution in [2.45, 2.75) is 9.79 Å². The van der Waals surface area contributed by atoms with E-state index in [9.17, 15) is 13.2 Å². The Morgan fingerprint density at radius 3 is 2.48 bits per heavy atom. The Morgan fingerprint density at radius 2 is 1.84 bits per heavy atom. The Morgan fingerprint density at radius 1 is 1.16 bits per heavy atom. The predicted molar refractivity (Wildman–Crippen MR) is 99.8 cm³/mol. The Labute approximate surface area is 157 Å². The number of hydrogen-bond donors (Lipinski definition) is 0. The van der Waals surface area contributed by atoms with Gasteiger partial charge in [0.15, 0.2) is 0 Å². The van der Waals surface area contributed by atoms with Crippen LogP contribution in [0.3, 0.4) is 0 Å². The van der Waals surface area contributed by atoms with Crippen LogP contribution in [0.5, 0.6) is 0 Å². The van der Waals surface area contributed by atoms with Gasteiger partial charge >= 0.3 is 5.97 Å². The topological polar surface area (TPSA) is 63.7 Å². The smallest absolute Gasteiger partial charge is 0.338 e. The highest BCUT2D eigenvalue weighted by atomic mass is 35.5. The zero-order valence-electron chi connectivity index (χ0n) is 13.8. The van der Waals surface area contributed by atoms with Crippen LogP contribution in [-0.2, 0) is 14.8 Å². The van der Waals surface area contributed by atoms with E-state index in [1.807, 2.05) is 12.1 Å². The van der Waals surface area contributed by atoms with Crippen LogP contribution in [-0.4, -0.2) is 45.1 Å². The standard InChI is InChI=1S/C17H18ClNO4S2/c1-19(2)25(21,22)16-5-3-4-13(12-16)17(20)23-10-11-24-15-8-6-14(18)7-9-15/h3-9,12H,10-11H2,1-2H3. The molecule has 134 valence electrons. The molecule has 0 unspecified atom stereocenters. The molecule has 0 spiro atoms. The van der Waals surface area contributed by atoms with Crippen molar-refractivity contribution in [2.24, 2.45) is 0 Å². The minimum Gasteiger partial charge on any atom is -0.461 e. The van der Waals surface area contributed by atoms with Gasteiger partial charge in [0.25, 0.3) is 0 Å². The Hall–Kier alpha value is -1.54. The van der Waals surface area contributed by atoms with E-state index in [1.165, 1.54) is 50.1 Å². The first-order valence-electron chi connectivity index (χ1n) is 7.39. The second-order valence-electron chi connectivity index (χ2n) is 5.25. The van der Waals surface area contributed by atoms with Crippen molar-refractivity contribution in [1.82, 2.24) is 4.31 Å². The van der Waals surface area contributed by atoms with Crippen molar-refractivity contribution < 1.29 is 17.9 Å². The van der Waals surface area contributed by atoms with E-state index in [2.05, 4.69) is 0 Å². The molecule has 0 aliphatic rings. The number of halogens is 1. The van der Waals surface area contributed by atoms with Gasteiger partial charge in [0, 0.05) is 29.8 Å². The summed E-state index contributed by atoms with van der Waals surface area (Å²) in [6, 6.07) is 13.2. The molecular weight excluding hydrogens is 382 g/mol. The van der Waals surface area contributed by atoms with Gasteiger partial charge in [-0.1, -0.05) is 17.7 Å². The van der Waals surface area contributed by atoms with Gasteiger partial charge in [0.1, 0.15) is 6.61 Å². The molecule has 0 radical (unpaired) electrons. The number of hydrogen-bond acceptors (Lipinski definition) is 5. The summed E-state index contributed by atoms with van der Waals surface area (Å²) in [5.41, 5.74) is 0.208. The van der Waals surface area contributed by atoms with E-state index < -0.39 is 16.0 Å². The van der Waals surface area contributed by atoms with Crippen LogP contribution in [0.1, 0.15) is 10.4 Å². The molecule has 0 saturated heterocycles. The van der Waals surface area contributed by atoms with E-state index in [1.54, 1.807) is 12.1 Å². The molecule has 2 aromatic carbocycles. The molecule has 0 bridgehead atoms. The van der Waals surface area contributed by atoms with Crippen molar-refractivity contribution >= 4 is 39.4 Å². The first-order chi connectivity index (χ1) is 11.8. The molecule has 0 fully saturated rings. The van der Waals surface area contributed by atoms with Gasteiger partial charge in [-0.2, -0.15) is 0 Å². The summed E-state index contributed by atoms with van der Waals surface area (Å²) < 4.78 is 30.5. The van der Waals surface area contributed by atoms with Crippen molar-refractivity contribution in [3.05, 3.63) is 59.1 Å². The maximum atomic E-state index is 12.1. The van der Waals surface area contributed by atoms with Gasteiger partial charge in [0.05, 0.1) is 10.5 Å². The van der Waals surface area contributed by atoms with Gasteiger partial charge in [-0.05, 0) is 42.5 Å². The normalized spacial score (nSPS) is 11.5. The van der Waals surface area contributed by atoms with Gasteiger partial charge in [0.2, 0.25) is 10.0 Å². The van der Waals surface area contributed by atoms with Crippen molar-refractivity contribution in [3.63, 3.8) is 0 Å². The quantitative estimate of drug-likeness (QED) is 0.405. The average Bonchev–Trinajstić information content (AvgIpc) is 2.60. The summed E-state index contributed by atoms with van der Waals surface area (Å²) in [5, 5.41) is 0.670. The third kappa shape index (κ3) is 5.47. The van der Waals surface area contributed by atoms with Crippen molar-refractivity contribution in [3.8, 4) is 0 Å². The molecule has 5 nitrogen and oxygen atoms in total. The zero-order valence-corrected chi connectivity index (χ0v) is 16.2. The minimum atomic E-state index is -3.59. The lowest BCUT2D eigenvalue weighted by molar-refractivity contribution is 0.0530. The van der Waals surface area contributed by atoms with Crippen LogP contribution in [0.25, 0.3) is 0 Å². The van der Waals surface area contributed by atoms with Crippen molar-refractivity contribution in [1.29, 1.82) is 0 Å². The van der Waals surface area contributed by atoms with Gasteiger partial charge in [-0.25, -0.2) is 17.5 Å². The zero-order chi connectivity index (χ0) is 18.4. The number of benzene rings is 2. The highest BCUT2D eigenvalue weighted by Gasteiger charge is 2.19. The highest BCUT2D eigenvalue weighted by Crippen LogP contribution is 2.20. The van der Waals surface area contributed by atoms with Crippen LogP contribution in [0, 0.1) is 0 Å². The van der Waals surface area contributed by atoms with E-state index >= 15 is 0 Å². The highest BCUT2D eigenvalue weighted by molar-refractivity contribution is 7.99. The fraction of sp³-hybridized carbons (Fsp3) is 0.235. The summed E-state index contributed by atoms with van der Waals surface area (Å²) >= 11 is 7.36. The maximum absolute atomic E-state index is 12.1. The second-order valence-corrected chi connectivity index (χ2v) is 9.01. The average molecular weight is 400 g/mol. The lowest BCUT2D eigenvalue weighted by atomic mass is 10.2. The molecule has 0 N–H and O–H groups in total. The van der Waals surface area contributed by atoms with Crippen LogP contribution in [0.2, 0.25) is 5.02 Å². The predicted octanol–water partition coefficient (Wildman–Crippen LogP) is 3.54. The Balaban J connectivity index is 1.92. The van der Waals surface area contributed by atoms with Gasteiger partial charge in [-0.15, -0.1) is 11.8 Å². The van der Waals surface area contributed by atoms with E-state index in [-0.39, 0.29) is 17.1 Å². The summed E-state index contributed by atoms with van der Waals surface area (Å²) in [5.74, 6) is 0.0378. The number of carbonyl (C=O) groups excluding carboxylic acids is 1. The molecule has 0 heterocycles. The van der Waals surface area contributed by atoms with E-state index in [0.717, 1.165) is 9.20 Å². The molecule has 0 aromatic heterocycles. The summed E-state index contributed by atoms with van der Waals surface area (Å²) in [6.45, 7) is 0.219. The third-order valence-corrected chi connectivity index (χ3v) is 6.29. The number of carbonyl (C=O) groups is 1. The molecule has 0 saturated carbocycles. The number of nitrogens with zero attached hydrogens (tertiary/aromatic N) is 1. The largest absolute Gasteiger partial charge is 0.461 e. The van der Waals surface area contributed by atoms with Crippen LogP contribution in [0.15, 0.2) is 58.3 Å². The molecule has 0 atom stereocenters. The van der Waals surface area contributed by atoms with Crippen LogP contribution in [0.4, 0.5) is 0 Å². The van der Waals surface area contributed by atoms with E-state index in [4.69, 9.17) is 16.3 Å². The summed E-state index contributed by atoms with van der Waals surface area (Å²) in [4.78, 5) is 13.2. The first kappa shape index (κ1) is 19.8. The lowest BCUT2D eigenvalue weighted by Crippen LogP contribution is -2.22. The number of esters is 1. The molecule has 8 heteroatoms. The lowest BCUT2D eigenvalue weighted by Gasteiger charge is -2.12. The minimum absolute atomic E-state index is 0.0579. The monoisotopic (exact) mass is 399 g/mol. The molecule has 0 aliphatic carbocycles. The SMILES string of the molecule is CN(C)S(=O)(=O)c1cccc(C(=O)OCCSc2ccc(Cl)cc2)c1. The molecule has 0 aliphatic heterocycles. The van der Waals surface area contributed by atoms with Gasteiger partial charge in [-0.3, -0.25) is 0 Å². The maximum Gasteiger partial charge on any atom is 0.338 e. The summed E-state index contributed by atoms with van der Waals surface area (Å²) in [6.07, 6.45) is 0. The molecule has 25 heavy (non-hydrogen) atoms. The number of ether oxygens (including phenoxy) is 1. The first-order valence-corrected chi connectivity index (χ1v) is 10.2. The fourth-order valence-corrected chi connectivity index (χ4v) is 3.71. The van der Waals surface area contributed by atoms with Crippen molar-refractivity contribution in [2.75, 3.05) is 26.5 Å². The number of rotatable bonds is 7. The number of sulfonamides is 1. The fourth-order valence-electron chi connectivity index (χ4n) is 1.90. The Kier molecular flexibility index (Phi) is 6.89. The molecular formula is C17H18ClNO4S2. The molecule has 0 amide bonds. The van der Waals surface area contributed by atoms with Crippen LogP contribution < -0.4 is 0 Å². The van der Waals surface area contributed by atoms with E-state index in [0.29, 0.717) is 10.8 Å². The molecule has 2 rings (SSSR count).